The molecule has 2 aromatic rings. The monoisotopic (exact) mass is 311 g/mol. The molecule has 0 aliphatic rings. The van der Waals surface area contributed by atoms with Gasteiger partial charge >= 0.3 is 0 Å². The van der Waals surface area contributed by atoms with E-state index < -0.39 is 0 Å². The Morgan fingerprint density at radius 2 is 2.28 bits per heavy atom. The van der Waals surface area contributed by atoms with E-state index in [0.717, 1.165) is 22.0 Å². The van der Waals surface area contributed by atoms with Gasteiger partial charge in [-0.1, -0.05) is 22.0 Å². The predicted octanol–water partition coefficient (Wildman–Crippen LogP) is 2.82. The predicted molar refractivity (Wildman–Crippen MR) is 72.8 cm³/mol. The van der Waals surface area contributed by atoms with Crippen molar-refractivity contribution in [2.24, 2.45) is 7.05 Å². The van der Waals surface area contributed by atoms with E-state index >= 15 is 0 Å². The maximum absolute atomic E-state index is 13.1. The average molecular weight is 312 g/mol. The third kappa shape index (κ3) is 2.97. The maximum atomic E-state index is 13.1. The molecule has 3 nitrogen and oxygen atoms in total. The number of likely N-dealkylation sites (N-methyl/N-ethyl adjacent to an activating group) is 1. The molecule has 96 valence electrons. The minimum Gasteiger partial charge on any atom is -0.313 e. The first kappa shape index (κ1) is 13.2. The number of benzene rings is 1. The summed E-state index contributed by atoms with van der Waals surface area (Å²) < 4.78 is 15.6. The van der Waals surface area contributed by atoms with E-state index in [0.29, 0.717) is 0 Å². The highest BCUT2D eigenvalue weighted by atomic mass is 79.9. The van der Waals surface area contributed by atoms with E-state index in [-0.39, 0.29) is 11.9 Å². The molecule has 5 heteroatoms. The molecule has 2 rings (SSSR count). The number of nitrogens with one attached hydrogen (secondary N) is 1. The molecule has 1 atom stereocenters. The highest BCUT2D eigenvalue weighted by molar-refractivity contribution is 9.10. The molecule has 0 saturated carbocycles. The van der Waals surface area contributed by atoms with E-state index in [2.05, 4.69) is 26.3 Å². The molecule has 0 amide bonds. The zero-order valence-electron chi connectivity index (χ0n) is 10.3. The maximum Gasteiger partial charge on any atom is 0.124 e. The molecule has 1 N–H and O–H groups in total. The van der Waals surface area contributed by atoms with Crippen LogP contribution in [0.3, 0.4) is 0 Å². The van der Waals surface area contributed by atoms with Gasteiger partial charge in [-0.3, -0.25) is 4.68 Å². The summed E-state index contributed by atoms with van der Waals surface area (Å²) in [4.78, 5) is 0. The fourth-order valence-electron chi connectivity index (χ4n) is 1.96. The van der Waals surface area contributed by atoms with Crippen molar-refractivity contribution in [1.82, 2.24) is 15.1 Å². The highest BCUT2D eigenvalue weighted by Crippen LogP contribution is 2.26. The van der Waals surface area contributed by atoms with E-state index in [4.69, 9.17) is 0 Å². The van der Waals surface area contributed by atoms with Crippen molar-refractivity contribution >= 4 is 15.9 Å². The summed E-state index contributed by atoms with van der Waals surface area (Å²) in [6.07, 6.45) is 4.65. The number of hydrogen-bond acceptors (Lipinski definition) is 2. The van der Waals surface area contributed by atoms with Crippen LogP contribution in [0.25, 0.3) is 0 Å². The lowest BCUT2D eigenvalue weighted by Gasteiger charge is -2.17. The molecule has 0 spiro atoms. The molecule has 0 aliphatic heterocycles. The van der Waals surface area contributed by atoms with E-state index in [1.807, 2.05) is 26.5 Å². The van der Waals surface area contributed by atoms with Gasteiger partial charge in [-0.2, -0.15) is 5.10 Å². The summed E-state index contributed by atoms with van der Waals surface area (Å²) in [5.41, 5.74) is 2.19. The van der Waals surface area contributed by atoms with Gasteiger partial charge in [-0.25, -0.2) is 4.39 Å². The normalized spacial score (nSPS) is 12.7. The number of aryl methyl sites for hydroxylation is 1. The molecule has 0 bridgehead atoms. The number of hydrogen-bond donors (Lipinski definition) is 1. The molecule has 18 heavy (non-hydrogen) atoms. The van der Waals surface area contributed by atoms with E-state index in [1.54, 1.807) is 10.7 Å². The van der Waals surface area contributed by atoms with Crippen LogP contribution in [-0.2, 0) is 13.5 Å². The second kappa shape index (κ2) is 5.63. The van der Waals surface area contributed by atoms with Crippen molar-refractivity contribution < 1.29 is 4.39 Å². The molecule has 1 heterocycles. The standard InChI is InChI=1S/C13H15BrFN3/c1-16-13(5-9-7-17-18(2)8-9)11-4-3-10(15)6-12(11)14/h3-4,6-8,13,16H,5H2,1-2H3. The van der Waals surface area contributed by atoms with Gasteiger partial charge in [0.15, 0.2) is 0 Å². The van der Waals surface area contributed by atoms with Crippen molar-refractivity contribution in [3.05, 3.63) is 52.0 Å². The van der Waals surface area contributed by atoms with Crippen LogP contribution in [0, 0.1) is 5.82 Å². The van der Waals surface area contributed by atoms with Crippen LogP contribution in [-0.4, -0.2) is 16.8 Å². The second-order valence-corrected chi connectivity index (χ2v) is 5.09. The Kier molecular flexibility index (Phi) is 4.14. The van der Waals surface area contributed by atoms with Crippen LogP contribution in [0.2, 0.25) is 0 Å². The van der Waals surface area contributed by atoms with Crippen LogP contribution in [0.4, 0.5) is 4.39 Å². The summed E-state index contributed by atoms with van der Waals surface area (Å²) in [5, 5.41) is 7.40. The third-order valence-corrected chi connectivity index (χ3v) is 3.57. The summed E-state index contributed by atoms with van der Waals surface area (Å²) in [6, 6.07) is 4.90. The first-order valence-corrected chi connectivity index (χ1v) is 6.49. The average Bonchev–Trinajstić information content (AvgIpc) is 2.72. The molecule has 1 aromatic heterocycles. The van der Waals surface area contributed by atoms with E-state index in [1.165, 1.54) is 12.1 Å². The van der Waals surface area contributed by atoms with Crippen molar-refractivity contribution in [3.8, 4) is 0 Å². The zero-order chi connectivity index (χ0) is 13.1. The number of nitrogens with zero attached hydrogens (tertiary/aromatic N) is 2. The topological polar surface area (TPSA) is 29.9 Å². The first-order chi connectivity index (χ1) is 8.60. The molecular weight excluding hydrogens is 297 g/mol. The number of halogens is 2. The largest absolute Gasteiger partial charge is 0.313 e. The Labute approximate surface area is 114 Å². The second-order valence-electron chi connectivity index (χ2n) is 4.23. The Morgan fingerprint density at radius 3 is 2.83 bits per heavy atom. The Bertz CT molecular complexity index is 539. The van der Waals surface area contributed by atoms with Crippen LogP contribution < -0.4 is 5.32 Å². The molecule has 0 aliphatic carbocycles. The molecule has 1 unspecified atom stereocenters. The van der Waals surface area contributed by atoms with Gasteiger partial charge in [0.1, 0.15) is 5.82 Å². The van der Waals surface area contributed by atoms with Gasteiger partial charge in [0.05, 0.1) is 6.20 Å². The lowest BCUT2D eigenvalue weighted by molar-refractivity contribution is 0.582. The molecular formula is C13H15BrFN3. The van der Waals surface area contributed by atoms with Crippen molar-refractivity contribution in [2.75, 3.05) is 7.05 Å². The Balaban J connectivity index is 2.22. The van der Waals surface area contributed by atoms with Gasteiger partial charge in [0, 0.05) is 23.8 Å². The van der Waals surface area contributed by atoms with Crippen LogP contribution in [0.1, 0.15) is 17.2 Å². The molecule has 0 fully saturated rings. The minimum absolute atomic E-state index is 0.129. The molecule has 0 saturated heterocycles. The van der Waals surface area contributed by atoms with Crippen LogP contribution in [0.5, 0.6) is 0 Å². The van der Waals surface area contributed by atoms with Crippen LogP contribution in [0.15, 0.2) is 35.1 Å². The summed E-state index contributed by atoms with van der Waals surface area (Å²) in [7, 11) is 3.79. The van der Waals surface area contributed by atoms with Gasteiger partial charge < -0.3 is 5.32 Å². The summed E-state index contributed by atoms with van der Waals surface area (Å²) >= 11 is 3.41. The zero-order valence-corrected chi connectivity index (χ0v) is 11.9. The highest BCUT2D eigenvalue weighted by Gasteiger charge is 2.14. The first-order valence-electron chi connectivity index (χ1n) is 5.70. The summed E-state index contributed by atoms with van der Waals surface area (Å²) in [6.45, 7) is 0. The van der Waals surface area contributed by atoms with Crippen LogP contribution >= 0.6 is 15.9 Å². The van der Waals surface area contributed by atoms with Crippen molar-refractivity contribution in [2.45, 2.75) is 12.5 Å². The minimum atomic E-state index is -0.234. The Morgan fingerprint density at radius 1 is 1.50 bits per heavy atom. The molecule has 0 radical (unpaired) electrons. The lowest BCUT2D eigenvalue weighted by Crippen LogP contribution is -2.19. The number of rotatable bonds is 4. The third-order valence-electron chi connectivity index (χ3n) is 2.88. The van der Waals surface area contributed by atoms with Gasteiger partial charge in [0.2, 0.25) is 0 Å². The quantitative estimate of drug-likeness (QED) is 0.941. The lowest BCUT2D eigenvalue weighted by atomic mass is 10.0. The van der Waals surface area contributed by atoms with Crippen molar-refractivity contribution in [1.29, 1.82) is 0 Å². The Hall–Kier alpha value is -1.20. The van der Waals surface area contributed by atoms with Gasteiger partial charge in [-0.15, -0.1) is 0 Å². The van der Waals surface area contributed by atoms with E-state index in [9.17, 15) is 4.39 Å². The van der Waals surface area contributed by atoms with Crippen molar-refractivity contribution in [3.63, 3.8) is 0 Å². The number of aromatic nitrogens is 2. The summed E-state index contributed by atoms with van der Waals surface area (Å²) in [5.74, 6) is -0.234. The van der Waals surface area contributed by atoms with Gasteiger partial charge in [0.25, 0.3) is 0 Å². The SMILES string of the molecule is CNC(Cc1cnn(C)c1)c1ccc(F)cc1Br. The van der Waals surface area contributed by atoms with Gasteiger partial charge in [-0.05, 0) is 36.7 Å². The fourth-order valence-corrected chi connectivity index (χ4v) is 2.59. The molecule has 1 aromatic carbocycles. The fraction of sp³-hybridized carbons (Fsp3) is 0.308. The smallest absolute Gasteiger partial charge is 0.124 e.